The number of fused-ring (bicyclic) bond motifs is 1. The lowest BCUT2D eigenvalue weighted by molar-refractivity contribution is -0.145. The van der Waals surface area contributed by atoms with Crippen LogP contribution in [-0.4, -0.2) is 23.7 Å². The van der Waals surface area contributed by atoms with Crippen LogP contribution in [0.2, 0.25) is 0 Å². The lowest BCUT2D eigenvalue weighted by Crippen LogP contribution is -2.41. The van der Waals surface area contributed by atoms with Crippen molar-refractivity contribution in [1.82, 2.24) is 4.98 Å². The molecule has 1 saturated heterocycles. The van der Waals surface area contributed by atoms with Gasteiger partial charge in [-0.05, 0) is 49.2 Å². The van der Waals surface area contributed by atoms with E-state index in [1.165, 1.54) is 17.0 Å². The summed E-state index contributed by atoms with van der Waals surface area (Å²) in [5.41, 5.74) is 2.17. The van der Waals surface area contributed by atoms with E-state index in [0.29, 0.717) is 35.4 Å². The van der Waals surface area contributed by atoms with E-state index in [-0.39, 0.29) is 6.42 Å². The molecule has 2 heterocycles. The Labute approximate surface area is 148 Å². The number of benzene rings is 2. The number of rotatable bonds is 2. The molecule has 1 fully saturated rings. The molecule has 134 valence electrons. The van der Waals surface area contributed by atoms with Crippen molar-refractivity contribution in [3.63, 3.8) is 0 Å². The molecule has 1 aromatic heterocycles. The number of alkyl halides is 3. The molecule has 0 radical (unpaired) electrons. The smallest absolute Gasteiger partial charge is 0.358 e. The molecule has 1 atom stereocenters. The predicted molar refractivity (Wildman–Crippen MR) is 93.6 cm³/mol. The molecule has 0 aliphatic carbocycles. The molecular weight excluding hydrogens is 344 g/mol. The number of pyridine rings is 1. The SMILES string of the molecule is Fc1ccc(-c2nc3ccccc3cc2N2CCC[C@@H]2C(F)(F)F)cc1. The molecule has 0 amide bonds. The fourth-order valence-corrected chi connectivity index (χ4v) is 3.54. The Morgan fingerprint density at radius 1 is 1.00 bits per heavy atom. The standard InChI is InChI=1S/C20H16F4N2/c21-15-9-7-13(8-10-15)19-17(12-14-4-1-2-5-16(14)25-19)26-11-3-6-18(26)20(22,23)24/h1-2,4-5,7-10,12,18H,3,6,11H2/t18-/m1/s1. The normalized spacial score (nSPS) is 17.8. The molecule has 6 heteroatoms. The Bertz CT molecular complexity index is 935. The number of hydrogen-bond acceptors (Lipinski definition) is 2. The number of hydrogen-bond donors (Lipinski definition) is 0. The van der Waals surface area contributed by atoms with Gasteiger partial charge in [0.05, 0.1) is 16.9 Å². The van der Waals surface area contributed by atoms with Gasteiger partial charge in [-0.25, -0.2) is 9.37 Å². The second-order valence-electron chi connectivity index (χ2n) is 6.45. The fourth-order valence-electron chi connectivity index (χ4n) is 3.54. The summed E-state index contributed by atoms with van der Waals surface area (Å²) in [7, 11) is 0. The van der Waals surface area contributed by atoms with Crippen LogP contribution in [0.1, 0.15) is 12.8 Å². The Hall–Kier alpha value is -2.63. The van der Waals surface area contributed by atoms with Gasteiger partial charge in [0.15, 0.2) is 0 Å². The fraction of sp³-hybridized carbons (Fsp3) is 0.250. The lowest BCUT2D eigenvalue weighted by atomic mass is 10.1. The van der Waals surface area contributed by atoms with Crippen LogP contribution in [0.5, 0.6) is 0 Å². The molecule has 0 bridgehead atoms. The summed E-state index contributed by atoms with van der Waals surface area (Å²) in [5, 5.41) is 0.779. The summed E-state index contributed by atoms with van der Waals surface area (Å²) in [6.45, 7) is 0.318. The third-order valence-electron chi connectivity index (χ3n) is 4.76. The summed E-state index contributed by atoms with van der Waals surface area (Å²) in [5.74, 6) is -0.398. The molecule has 26 heavy (non-hydrogen) atoms. The van der Waals surface area contributed by atoms with E-state index in [2.05, 4.69) is 4.98 Å². The summed E-state index contributed by atoms with van der Waals surface area (Å²) >= 11 is 0. The predicted octanol–water partition coefficient (Wildman–Crippen LogP) is 5.57. The number of nitrogens with zero attached hydrogens (tertiary/aromatic N) is 2. The van der Waals surface area contributed by atoms with Gasteiger partial charge in [0.2, 0.25) is 0 Å². The number of para-hydroxylation sites is 1. The maximum atomic E-state index is 13.5. The highest BCUT2D eigenvalue weighted by atomic mass is 19.4. The van der Waals surface area contributed by atoms with Crippen LogP contribution in [0.25, 0.3) is 22.2 Å². The van der Waals surface area contributed by atoms with Crippen LogP contribution in [0.4, 0.5) is 23.2 Å². The lowest BCUT2D eigenvalue weighted by Gasteiger charge is -2.30. The minimum Gasteiger partial charge on any atom is -0.358 e. The van der Waals surface area contributed by atoms with E-state index in [0.717, 1.165) is 5.39 Å². The van der Waals surface area contributed by atoms with Crippen molar-refractivity contribution in [3.8, 4) is 11.3 Å². The van der Waals surface area contributed by atoms with Gasteiger partial charge in [-0.15, -0.1) is 0 Å². The molecule has 0 N–H and O–H groups in total. The van der Waals surface area contributed by atoms with E-state index in [1.807, 2.05) is 24.3 Å². The molecular formula is C20H16F4N2. The Kier molecular flexibility index (Phi) is 4.05. The molecule has 2 nitrogen and oxygen atoms in total. The second-order valence-corrected chi connectivity index (χ2v) is 6.45. The molecule has 0 saturated carbocycles. The van der Waals surface area contributed by atoms with Crippen molar-refractivity contribution < 1.29 is 17.6 Å². The van der Waals surface area contributed by atoms with Crippen LogP contribution < -0.4 is 4.90 Å². The first kappa shape index (κ1) is 16.8. The third kappa shape index (κ3) is 3.00. The summed E-state index contributed by atoms with van der Waals surface area (Å²) < 4.78 is 53.8. The molecule has 3 aromatic rings. The topological polar surface area (TPSA) is 16.1 Å². The molecule has 0 spiro atoms. The molecule has 4 rings (SSSR count). The number of halogens is 4. The average molecular weight is 360 g/mol. The monoisotopic (exact) mass is 360 g/mol. The maximum absolute atomic E-state index is 13.5. The van der Waals surface area contributed by atoms with Gasteiger partial charge >= 0.3 is 6.18 Å². The highest BCUT2D eigenvalue weighted by molar-refractivity contribution is 5.89. The largest absolute Gasteiger partial charge is 0.408 e. The molecule has 2 aromatic carbocycles. The van der Waals surface area contributed by atoms with Gasteiger partial charge in [-0.3, -0.25) is 0 Å². The average Bonchev–Trinajstić information content (AvgIpc) is 3.11. The minimum absolute atomic E-state index is 0.0686. The highest BCUT2D eigenvalue weighted by Gasteiger charge is 2.46. The summed E-state index contributed by atoms with van der Waals surface area (Å²) in [6.07, 6.45) is -3.76. The van der Waals surface area contributed by atoms with Crippen molar-refractivity contribution >= 4 is 16.6 Å². The number of anilines is 1. The zero-order valence-electron chi connectivity index (χ0n) is 13.8. The van der Waals surface area contributed by atoms with Crippen LogP contribution in [0.15, 0.2) is 54.6 Å². The van der Waals surface area contributed by atoms with Crippen LogP contribution >= 0.6 is 0 Å². The van der Waals surface area contributed by atoms with Gasteiger partial charge < -0.3 is 4.90 Å². The first-order chi connectivity index (χ1) is 12.4. The second kappa shape index (κ2) is 6.27. The van der Waals surface area contributed by atoms with Gasteiger partial charge in [0, 0.05) is 17.5 Å². The van der Waals surface area contributed by atoms with Crippen molar-refractivity contribution in [1.29, 1.82) is 0 Å². The zero-order chi connectivity index (χ0) is 18.3. The van der Waals surface area contributed by atoms with Crippen LogP contribution in [0, 0.1) is 5.82 Å². The van der Waals surface area contributed by atoms with E-state index in [4.69, 9.17) is 0 Å². The first-order valence-electron chi connectivity index (χ1n) is 8.42. The van der Waals surface area contributed by atoms with E-state index in [9.17, 15) is 17.6 Å². The number of aromatic nitrogens is 1. The van der Waals surface area contributed by atoms with Gasteiger partial charge in [0.1, 0.15) is 11.9 Å². The molecule has 0 unspecified atom stereocenters. The maximum Gasteiger partial charge on any atom is 0.408 e. The van der Waals surface area contributed by atoms with E-state index >= 15 is 0 Å². The van der Waals surface area contributed by atoms with Crippen molar-refractivity contribution in [2.45, 2.75) is 25.1 Å². The van der Waals surface area contributed by atoms with Crippen molar-refractivity contribution in [2.75, 3.05) is 11.4 Å². The summed E-state index contributed by atoms with van der Waals surface area (Å²) in [4.78, 5) is 5.99. The van der Waals surface area contributed by atoms with Crippen molar-refractivity contribution in [2.24, 2.45) is 0 Å². The minimum atomic E-state index is -4.30. The van der Waals surface area contributed by atoms with Crippen LogP contribution in [-0.2, 0) is 0 Å². The van der Waals surface area contributed by atoms with E-state index in [1.54, 1.807) is 18.2 Å². The zero-order valence-corrected chi connectivity index (χ0v) is 13.8. The van der Waals surface area contributed by atoms with Gasteiger partial charge in [-0.2, -0.15) is 13.2 Å². The first-order valence-corrected chi connectivity index (χ1v) is 8.42. The van der Waals surface area contributed by atoms with Gasteiger partial charge in [-0.1, -0.05) is 18.2 Å². The Balaban J connectivity index is 1.91. The molecule has 1 aliphatic rings. The van der Waals surface area contributed by atoms with Crippen LogP contribution in [0.3, 0.4) is 0 Å². The quantitative estimate of drug-likeness (QED) is 0.555. The molecule has 1 aliphatic heterocycles. The van der Waals surface area contributed by atoms with Gasteiger partial charge in [0.25, 0.3) is 0 Å². The van der Waals surface area contributed by atoms with E-state index < -0.39 is 18.0 Å². The third-order valence-corrected chi connectivity index (χ3v) is 4.76. The summed E-state index contributed by atoms with van der Waals surface area (Å²) in [6, 6.07) is 13.2. The highest BCUT2D eigenvalue weighted by Crippen LogP contribution is 2.40. The van der Waals surface area contributed by atoms with Crippen molar-refractivity contribution in [3.05, 3.63) is 60.4 Å². The Morgan fingerprint density at radius 2 is 1.73 bits per heavy atom. The Morgan fingerprint density at radius 3 is 2.46 bits per heavy atom.